The molecule has 0 amide bonds. The monoisotopic (exact) mass is 249 g/mol. The lowest BCUT2D eigenvalue weighted by molar-refractivity contribution is -0.385. The molecule has 0 aliphatic heterocycles. The van der Waals surface area contributed by atoms with Crippen LogP contribution in [0, 0.1) is 16.0 Å². The van der Waals surface area contributed by atoms with Gasteiger partial charge in [0, 0.05) is 12.2 Å². The SMILES string of the molecule is C[C@H]1CC(c2ccncc2[N+](=O)[O-])=C[C@@H](N)[C@@H]1O. The van der Waals surface area contributed by atoms with E-state index >= 15 is 0 Å². The molecule has 18 heavy (non-hydrogen) atoms. The lowest BCUT2D eigenvalue weighted by Crippen LogP contribution is -2.40. The zero-order chi connectivity index (χ0) is 13.3. The Kier molecular flexibility index (Phi) is 3.40. The predicted molar refractivity (Wildman–Crippen MR) is 66.6 cm³/mol. The van der Waals surface area contributed by atoms with Crippen molar-refractivity contribution in [3.8, 4) is 0 Å². The smallest absolute Gasteiger partial charge is 0.294 e. The molecule has 0 bridgehead atoms. The van der Waals surface area contributed by atoms with Crippen molar-refractivity contribution in [2.45, 2.75) is 25.5 Å². The summed E-state index contributed by atoms with van der Waals surface area (Å²) in [5.74, 6) is -0.0206. The Morgan fingerprint density at radius 3 is 2.94 bits per heavy atom. The Labute approximate surface area is 104 Å². The average molecular weight is 249 g/mol. The minimum absolute atomic E-state index is 0.0206. The largest absolute Gasteiger partial charge is 0.391 e. The number of aliphatic hydroxyl groups excluding tert-OH is 1. The molecule has 0 saturated carbocycles. The highest BCUT2D eigenvalue weighted by atomic mass is 16.6. The molecule has 6 nitrogen and oxygen atoms in total. The molecule has 1 aromatic rings. The van der Waals surface area contributed by atoms with E-state index in [9.17, 15) is 15.2 Å². The first-order valence-electron chi connectivity index (χ1n) is 5.74. The van der Waals surface area contributed by atoms with Gasteiger partial charge in [0.2, 0.25) is 0 Å². The highest BCUT2D eigenvalue weighted by molar-refractivity contribution is 5.73. The number of aliphatic hydroxyl groups is 1. The summed E-state index contributed by atoms with van der Waals surface area (Å²) in [4.78, 5) is 14.3. The van der Waals surface area contributed by atoms with Crippen molar-refractivity contribution in [1.29, 1.82) is 0 Å². The van der Waals surface area contributed by atoms with E-state index in [0.29, 0.717) is 12.0 Å². The fourth-order valence-electron chi connectivity index (χ4n) is 2.25. The molecule has 6 heteroatoms. The molecule has 2 rings (SSSR count). The van der Waals surface area contributed by atoms with Crippen LogP contribution < -0.4 is 5.73 Å². The zero-order valence-electron chi connectivity index (χ0n) is 9.98. The first-order valence-corrected chi connectivity index (χ1v) is 5.74. The lowest BCUT2D eigenvalue weighted by atomic mass is 9.82. The second kappa shape index (κ2) is 4.83. The molecule has 96 valence electrons. The van der Waals surface area contributed by atoms with Crippen LogP contribution in [0.25, 0.3) is 5.57 Å². The first-order chi connectivity index (χ1) is 8.50. The maximum Gasteiger partial charge on any atom is 0.294 e. The second-order valence-electron chi connectivity index (χ2n) is 4.59. The van der Waals surface area contributed by atoms with Crippen molar-refractivity contribution < 1.29 is 10.0 Å². The zero-order valence-corrected chi connectivity index (χ0v) is 9.98. The van der Waals surface area contributed by atoms with Crippen LogP contribution in [-0.4, -0.2) is 27.2 Å². The van der Waals surface area contributed by atoms with Crippen LogP contribution in [-0.2, 0) is 0 Å². The molecule has 0 unspecified atom stereocenters. The van der Waals surface area contributed by atoms with Gasteiger partial charge >= 0.3 is 0 Å². The molecular formula is C12H15N3O3. The Hall–Kier alpha value is -1.79. The van der Waals surface area contributed by atoms with E-state index < -0.39 is 17.1 Å². The van der Waals surface area contributed by atoms with Crippen molar-refractivity contribution in [2.24, 2.45) is 11.7 Å². The van der Waals surface area contributed by atoms with E-state index in [1.807, 2.05) is 6.92 Å². The van der Waals surface area contributed by atoms with Crippen molar-refractivity contribution in [1.82, 2.24) is 4.98 Å². The Balaban J connectivity index is 2.44. The molecular weight excluding hydrogens is 234 g/mol. The molecule has 0 fully saturated rings. The minimum Gasteiger partial charge on any atom is -0.391 e. The van der Waals surface area contributed by atoms with E-state index in [0.717, 1.165) is 5.57 Å². The molecule has 0 aromatic carbocycles. The number of aromatic nitrogens is 1. The Morgan fingerprint density at radius 2 is 2.33 bits per heavy atom. The predicted octanol–water partition coefficient (Wildman–Crippen LogP) is 1.10. The molecule has 3 atom stereocenters. The number of hydrogen-bond acceptors (Lipinski definition) is 5. The average Bonchev–Trinajstić information content (AvgIpc) is 2.35. The fraction of sp³-hybridized carbons (Fsp3) is 0.417. The van der Waals surface area contributed by atoms with Crippen molar-refractivity contribution in [2.75, 3.05) is 0 Å². The van der Waals surface area contributed by atoms with Gasteiger partial charge < -0.3 is 10.8 Å². The van der Waals surface area contributed by atoms with E-state index in [4.69, 9.17) is 5.73 Å². The Bertz CT molecular complexity index is 501. The maximum absolute atomic E-state index is 10.9. The van der Waals surface area contributed by atoms with Gasteiger partial charge in [0.05, 0.1) is 16.6 Å². The van der Waals surface area contributed by atoms with Crippen LogP contribution in [0.15, 0.2) is 24.5 Å². The first kappa shape index (κ1) is 12.7. The van der Waals surface area contributed by atoms with Crippen molar-refractivity contribution in [3.05, 3.63) is 40.2 Å². The summed E-state index contributed by atoms with van der Waals surface area (Å²) >= 11 is 0. The summed E-state index contributed by atoms with van der Waals surface area (Å²) in [7, 11) is 0. The number of nitrogens with zero attached hydrogens (tertiary/aromatic N) is 2. The summed E-state index contributed by atoms with van der Waals surface area (Å²) < 4.78 is 0. The third-order valence-corrected chi connectivity index (χ3v) is 3.26. The van der Waals surface area contributed by atoms with E-state index in [1.165, 1.54) is 12.4 Å². The topological polar surface area (TPSA) is 102 Å². The van der Waals surface area contributed by atoms with Gasteiger partial charge in [-0.3, -0.25) is 15.1 Å². The molecule has 1 aromatic heterocycles. The maximum atomic E-state index is 10.9. The van der Waals surface area contributed by atoms with Gasteiger partial charge in [0.15, 0.2) is 0 Å². The minimum atomic E-state index is -0.602. The number of rotatable bonds is 2. The van der Waals surface area contributed by atoms with Gasteiger partial charge in [-0.2, -0.15) is 0 Å². The molecule has 3 N–H and O–H groups in total. The van der Waals surface area contributed by atoms with Crippen LogP contribution >= 0.6 is 0 Å². The van der Waals surface area contributed by atoms with Gasteiger partial charge in [-0.1, -0.05) is 13.0 Å². The number of pyridine rings is 1. The van der Waals surface area contributed by atoms with E-state index in [1.54, 1.807) is 12.1 Å². The highest BCUT2D eigenvalue weighted by Gasteiger charge is 2.29. The normalized spacial score (nSPS) is 27.7. The van der Waals surface area contributed by atoms with Crippen LogP contribution in [0.4, 0.5) is 5.69 Å². The van der Waals surface area contributed by atoms with Crippen LogP contribution in [0.2, 0.25) is 0 Å². The van der Waals surface area contributed by atoms with Crippen LogP contribution in [0.5, 0.6) is 0 Å². The number of nitrogens with two attached hydrogens (primary N) is 1. The van der Waals surface area contributed by atoms with Crippen molar-refractivity contribution >= 4 is 11.3 Å². The fourth-order valence-corrected chi connectivity index (χ4v) is 2.25. The van der Waals surface area contributed by atoms with Gasteiger partial charge in [-0.05, 0) is 24.0 Å². The van der Waals surface area contributed by atoms with E-state index in [2.05, 4.69) is 4.98 Å². The summed E-state index contributed by atoms with van der Waals surface area (Å²) in [5, 5.41) is 20.7. The van der Waals surface area contributed by atoms with Gasteiger partial charge in [0.1, 0.15) is 6.20 Å². The highest BCUT2D eigenvalue weighted by Crippen LogP contribution is 2.34. The summed E-state index contributed by atoms with van der Waals surface area (Å²) in [6.07, 6.45) is 4.42. The third-order valence-electron chi connectivity index (χ3n) is 3.26. The van der Waals surface area contributed by atoms with Crippen LogP contribution in [0.3, 0.4) is 0 Å². The van der Waals surface area contributed by atoms with Gasteiger partial charge in [-0.15, -0.1) is 0 Å². The van der Waals surface area contributed by atoms with Crippen LogP contribution in [0.1, 0.15) is 18.9 Å². The molecule has 0 radical (unpaired) electrons. The lowest BCUT2D eigenvalue weighted by Gasteiger charge is -2.29. The molecule has 1 heterocycles. The van der Waals surface area contributed by atoms with Gasteiger partial charge in [0.25, 0.3) is 5.69 Å². The number of allylic oxidation sites excluding steroid dienone is 1. The quantitative estimate of drug-likeness (QED) is 0.603. The summed E-state index contributed by atoms with van der Waals surface area (Å²) in [6.45, 7) is 1.88. The number of nitro groups is 1. The molecule has 0 saturated heterocycles. The van der Waals surface area contributed by atoms with E-state index in [-0.39, 0.29) is 11.6 Å². The van der Waals surface area contributed by atoms with Crippen molar-refractivity contribution in [3.63, 3.8) is 0 Å². The summed E-state index contributed by atoms with van der Waals surface area (Å²) in [6, 6.07) is 1.12. The Morgan fingerprint density at radius 1 is 1.61 bits per heavy atom. The third kappa shape index (κ3) is 2.25. The van der Waals surface area contributed by atoms with Gasteiger partial charge in [-0.25, -0.2) is 0 Å². The second-order valence-corrected chi connectivity index (χ2v) is 4.59. The number of hydrogen-bond donors (Lipinski definition) is 2. The molecule has 0 spiro atoms. The molecule has 1 aliphatic carbocycles. The standard InChI is InChI=1S/C12H15N3O3/c1-7-4-8(5-10(13)12(7)16)9-2-3-14-6-11(9)15(17)18/h2-3,5-7,10,12,16H,4,13H2,1H3/t7-,10+,12+/m0/s1. The summed E-state index contributed by atoms with van der Waals surface area (Å²) in [5.41, 5.74) is 7.11. The molecule has 1 aliphatic rings.